The molecule has 0 atom stereocenters. The molecule has 0 radical (unpaired) electrons. The third kappa shape index (κ3) is 4.58. The van der Waals surface area contributed by atoms with E-state index >= 15 is 0 Å². The van der Waals surface area contributed by atoms with Crippen LogP contribution in [0.2, 0.25) is 0 Å². The van der Waals surface area contributed by atoms with Crippen molar-refractivity contribution in [2.75, 3.05) is 17.7 Å². The number of rotatable bonds is 6. The zero-order valence-corrected chi connectivity index (χ0v) is 18.7. The minimum Gasteiger partial charge on any atom is -0.497 e. The summed E-state index contributed by atoms with van der Waals surface area (Å²) in [7, 11) is 1.58. The average Bonchev–Trinajstić information content (AvgIpc) is 3.40. The molecule has 0 saturated heterocycles. The van der Waals surface area contributed by atoms with Gasteiger partial charge in [0.25, 0.3) is 11.8 Å². The summed E-state index contributed by atoms with van der Waals surface area (Å²) in [6, 6.07) is 17.9. The lowest BCUT2D eigenvalue weighted by molar-refractivity contribution is 0.102. The second-order valence-corrected chi connectivity index (χ2v) is 8.15. The van der Waals surface area contributed by atoms with Gasteiger partial charge in [-0.05, 0) is 62.4 Å². The van der Waals surface area contributed by atoms with Gasteiger partial charge in [0.05, 0.1) is 12.7 Å². The summed E-state index contributed by atoms with van der Waals surface area (Å²) < 4.78 is 10.9. The van der Waals surface area contributed by atoms with Crippen LogP contribution in [0.15, 0.2) is 70.5 Å². The van der Waals surface area contributed by atoms with E-state index < -0.39 is 0 Å². The minimum absolute atomic E-state index is 0.285. The number of amides is 2. The monoisotopic (exact) mass is 446 g/mol. The van der Waals surface area contributed by atoms with Gasteiger partial charge >= 0.3 is 0 Å². The van der Waals surface area contributed by atoms with Crippen molar-refractivity contribution in [1.82, 2.24) is 0 Å². The predicted octanol–water partition coefficient (Wildman–Crippen LogP) is 6.14. The van der Waals surface area contributed by atoms with E-state index in [9.17, 15) is 9.59 Å². The largest absolute Gasteiger partial charge is 0.497 e. The van der Waals surface area contributed by atoms with Crippen molar-refractivity contribution in [3.63, 3.8) is 0 Å². The van der Waals surface area contributed by atoms with Crippen LogP contribution in [-0.2, 0) is 0 Å². The lowest BCUT2D eigenvalue weighted by atomic mass is 10.1. The summed E-state index contributed by atoms with van der Waals surface area (Å²) in [6.07, 6.45) is 0. The van der Waals surface area contributed by atoms with E-state index in [-0.39, 0.29) is 11.8 Å². The lowest BCUT2D eigenvalue weighted by Gasteiger charge is -2.10. The molecule has 2 aromatic heterocycles. The molecule has 32 heavy (non-hydrogen) atoms. The first kappa shape index (κ1) is 21.4. The van der Waals surface area contributed by atoms with Crippen molar-refractivity contribution in [3.05, 3.63) is 88.5 Å². The van der Waals surface area contributed by atoms with E-state index in [2.05, 4.69) is 10.6 Å². The van der Waals surface area contributed by atoms with Crippen molar-refractivity contribution < 1.29 is 18.7 Å². The highest BCUT2D eigenvalue weighted by molar-refractivity contribution is 7.15. The number of furan rings is 1. The number of ether oxygens (including phenoxy) is 1. The summed E-state index contributed by atoms with van der Waals surface area (Å²) in [5.41, 5.74) is 3.15. The average molecular weight is 447 g/mol. The van der Waals surface area contributed by atoms with E-state index in [0.29, 0.717) is 38.9 Å². The van der Waals surface area contributed by atoms with E-state index in [4.69, 9.17) is 9.15 Å². The molecule has 0 aliphatic rings. The Labute approximate surface area is 189 Å². The maximum atomic E-state index is 13.3. The first-order valence-electron chi connectivity index (χ1n) is 9.96. The Hall–Kier alpha value is -3.84. The Bertz CT molecular complexity index is 1250. The first-order valence-corrected chi connectivity index (χ1v) is 10.8. The number of carbonyl (C=O) groups is 2. The third-order valence-electron chi connectivity index (χ3n) is 4.91. The normalized spacial score (nSPS) is 10.6. The van der Waals surface area contributed by atoms with Gasteiger partial charge in [-0.3, -0.25) is 9.59 Å². The molecule has 0 bridgehead atoms. The fraction of sp³-hybridized carbons (Fsp3) is 0.120. The molecule has 4 aromatic rings. The number of benzene rings is 2. The summed E-state index contributed by atoms with van der Waals surface area (Å²) in [5.74, 6) is 1.36. The zero-order chi connectivity index (χ0) is 22.7. The standard InChI is InChI=1S/C25H22N2O4S/c1-15-4-7-17(8-5-15)23(28)27-25-22(20(14-32-25)21-13-6-16(2)31-21)24(29)26-18-9-11-19(30-3)12-10-18/h4-14H,1-3H3,(H,26,29)(H,27,28). The maximum absolute atomic E-state index is 13.3. The summed E-state index contributed by atoms with van der Waals surface area (Å²) >= 11 is 1.28. The van der Waals surface area contributed by atoms with Crippen LogP contribution >= 0.6 is 11.3 Å². The van der Waals surface area contributed by atoms with Gasteiger partial charge in [-0.1, -0.05) is 17.7 Å². The Balaban J connectivity index is 1.67. The van der Waals surface area contributed by atoms with Crippen LogP contribution in [0.4, 0.5) is 10.7 Å². The SMILES string of the molecule is COc1ccc(NC(=O)c2c(-c3ccc(C)o3)csc2NC(=O)c2ccc(C)cc2)cc1. The summed E-state index contributed by atoms with van der Waals surface area (Å²) in [5, 5.41) is 8.04. The van der Waals surface area contributed by atoms with Crippen LogP contribution in [-0.4, -0.2) is 18.9 Å². The molecule has 0 aliphatic carbocycles. The molecule has 2 N–H and O–H groups in total. The lowest BCUT2D eigenvalue weighted by Crippen LogP contribution is -2.17. The van der Waals surface area contributed by atoms with Crippen LogP contribution in [0, 0.1) is 13.8 Å². The zero-order valence-electron chi connectivity index (χ0n) is 17.9. The molecule has 2 aromatic carbocycles. The Morgan fingerprint density at radius 2 is 1.59 bits per heavy atom. The van der Waals surface area contributed by atoms with Gasteiger partial charge in [0.15, 0.2) is 0 Å². The number of anilines is 2. The van der Waals surface area contributed by atoms with Gasteiger partial charge in [-0.15, -0.1) is 11.3 Å². The van der Waals surface area contributed by atoms with Gasteiger partial charge in [-0.2, -0.15) is 0 Å². The van der Waals surface area contributed by atoms with E-state index in [1.165, 1.54) is 11.3 Å². The number of hydrogen-bond donors (Lipinski definition) is 2. The van der Waals surface area contributed by atoms with Gasteiger partial charge in [0.1, 0.15) is 22.3 Å². The Morgan fingerprint density at radius 1 is 0.875 bits per heavy atom. The first-order chi connectivity index (χ1) is 15.4. The molecular formula is C25H22N2O4S. The van der Waals surface area contributed by atoms with Crippen LogP contribution in [0.5, 0.6) is 5.75 Å². The molecule has 0 fully saturated rings. The quantitative estimate of drug-likeness (QED) is 0.373. The number of nitrogens with one attached hydrogen (secondary N) is 2. The molecular weight excluding hydrogens is 424 g/mol. The predicted molar refractivity (Wildman–Crippen MR) is 127 cm³/mol. The van der Waals surface area contributed by atoms with E-state index in [1.807, 2.05) is 43.5 Å². The van der Waals surface area contributed by atoms with Crippen molar-refractivity contribution in [2.45, 2.75) is 13.8 Å². The second-order valence-electron chi connectivity index (χ2n) is 7.27. The van der Waals surface area contributed by atoms with Gasteiger partial charge in [-0.25, -0.2) is 0 Å². The van der Waals surface area contributed by atoms with E-state index in [1.54, 1.807) is 43.5 Å². The fourth-order valence-corrected chi connectivity index (χ4v) is 4.13. The Morgan fingerprint density at radius 3 is 2.22 bits per heavy atom. The van der Waals surface area contributed by atoms with Crippen molar-refractivity contribution in [2.24, 2.45) is 0 Å². The van der Waals surface area contributed by atoms with Crippen LogP contribution in [0.3, 0.4) is 0 Å². The van der Waals surface area contributed by atoms with Crippen LogP contribution in [0.1, 0.15) is 32.0 Å². The highest BCUT2D eigenvalue weighted by Crippen LogP contribution is 2.37. The van der Waals surface area contributed by atoms with E-state index in [0.717, 1.165) is 11.3 Å². The molecule has 0 saturated carbocycles. The minimum atomic E-state index is -0.348. The van der Waals surface area contributed by atoms with Crippen molar-refractivity contribution in [1.29, 1.82) is 0 Å². The van der Waals surface area contributed by atoms with Crippen LogP contribution in [0.25, 0.3) is 11.3 Å². The van der Waals surface area contributed by atoms with Crippen LogP contribution < -0.4 is 15.4 Å². The van der Waals surface area contributed by atoms with Gasteiger partial charge in [0.2, 0.25) is 0 Å². The van der Waals surface area contributed by atoms with Gasteiger partial charge in [0, 0.05) is 22.2 Å². The van der Waals surface area contributed by atoms with Gasteiger partial charge < -0.3 is 19.8 Å². The molecule has 7 heteroatoms. The highest BCUT2D eigenvalue weighted by atomic mass is 32.1. The number of aryl methyl sites for hydroxylation is 2. The van der Waals surface area contributed by atoms with Crippen molar-refractivity contribution >= 4 is 33.8 Å². The fourth-order valence-electron chi connectivity index (χ4n) is 3.18. The molecule has 2 amide bonds. The molecule has 162 valence electrons. The number of hydrogen-bond acceptors (Lipinski definition) is 5. The smallest absolute Gasteiger partial charge is 0.259 e. The molecule has 2 heterocycles. The molecule has 4 rings (SSSR count). The topological polar surface area (TPSA) is 80.6 Å². The molecule has 6 nitrogen and oxygen atoms in total. The molecule has 0 spiro atoms. The number of thiophene rings is 1. The number of carbonyl (C=O) groups excluding carboxylic acids is 2. The third-order valence-corrected chi connectivity index (χ3v) is 5.81. The maximum Gasteiger partial charge on any atom is 0.259 e. The summed E-state index contributed by atoms with van der Waals surface area (Å²) in [6.45, 7) is 3.80. The number of methoxy groups -OCH3 is 1. The molecule has 0 aliphatic heterocycles. The summed E-state index contributed by atoms with van der Waals surface area (Å²) in [4.78, 5) is 26.1. The Kier molecular flexibility index (Phi) is 6.09. The highest BCUT2D eigenvalue weighted by Gasteiger charge is 2.24. The molecule has 0 unspecified atom stereocenters. The second kappa shape index (κ2) is 9.11. The van der Waals surface area contributed by atoms with Crippen molar-refractivity contribution in [3.8, 4) is 17.1 Å².